The standard InChI is InChI=1S/C10H14BrN3O4S/c1-6-4-7(11)8(12)5-9(6)19(16,17)14-2-3-18-10(13)15/h4-5,14H,2-3,12H2,1H3,(H2,13,15). The largest absolute Gasteiger partial charge is 0.448 e. The number of amides is 1. The summed E-state index contributed by atoms with van der Waals surface area (Å²) in [6.45, 7) is 1.44. The van der Waals surface area contributed by atoms with Crippen LogP contribution in [-0.2, 0) is 14.8 Å². The van der Waals surface area contributed by atoms with E-state index in [1.165, 1.54) is 6.07 Å². The Morgan fingerprint density at radius 1 is 1.47 bits per heavy atom. The van der Waals surface area contributed by atoms with Crippen molar-refractivity contribution in [3.05, 3.63) is 22.2 Å². The van der Waals surface area contributed by atoms with Crippen LogP contribution in [0.4, 0.5) is 10.5 Å². The lowest BCUT2D eigenvalue weighted by atomic mass is 10.2. The number of ether oxygens (including phenoxy) is 1. The first-order chi connectivity index (χ1) is 8.74. The number of hydrogen-bond acceptors (Lipinski definition) is 5. The van der Waals surface area contributed by atoms with Crippen molar-refractivity contribution >= 4 is 37.7 Å². The highest BCUT2D eigenvalue weighted by atomic mass is 79.9. The number of carbonyl (C=O) groups excluding carboxylic acids is 1. The topological polar surface area (TPSA) is 125 Å². The Labute approximate surface area is 119 Å². The van der Waals surface area contributed by atoms with Crippen LogP contribution >= 0.6 is 15.9 Å². The maximum Gasteiger partial charge on any atom is 0.404 e. The van der Waals surface area contributed by atoms with Gasteiger partial charge in [-0.05, 0) is 40.5 Å². The van der Waals surface area contributed by atoms with Crippen LogP contribution in [0.15, 0.2) is 21.5 Å². The molecule has 1 aromatic carbocycles. The first-order valence-electron chi connectivity index (χ1n) is 5.21. The average molecular weight is 352 g/mol. The molecule has 7 nitrogen and oxygen atoms in total. The second-order valence-corrected chi connectivity index (χ2v) is 6.29. The highest BCUT2D eigenvalue weighted by Crippen LogP contribution is 2.26. The first kappa shape index (κ1) is 15.7. The van der Waals surface area contributed by atoms with Gasteiger partial charge >= 0.3 is 6.09 Å². The molecule has 0 unspecified atom stereocenters. The molecule has 106 valence electrons. The number of rotatable bonds is 5. The van der Waals surface area contributed by atoms with E-state index in [9.17, 15) is 13.2 Å². The summed E-state index contributed by atoms with van der Waals surface area (Å²) in [5, 5.41) is 0. The van der Waals surface area contributed by atoms with Gasteiger partial charge in [0.1, 0.15) is 6.61 Å². The molecule has 1 amide bonds. The lowest BCUT2D eigenvalue weighted by molar-refractivity contribution is 0.159. The number of benzene rings is 1. The van der Waals surface area contributed by atoms with E-state index in [2.05, 4.69) is 25.4 Å². The summed E-state index contributed by atoms with van der Waals surface area (Å²) in [5.41, 5.74) is 11.3. The fourth-order valence-corrected chi connectivity index (χ4v) is 3.09. The zero-order valence-electron chi connectivity index (χ0n) is 10.1. The summed E-state index contributed by atoms with van der Waals surface area (Å²) >= 11 is 3.22. The lowest BCUT2D eigenvalue weighted by Crippen LogP contribution is -2.29. The Hall–Kier alpha value is -1.32. The number of primary amides is 1. The number of anilines is 1. The normalized spacial score (nSPS) is 11.3. The SMILES string of the molecule is Cc1cc(Br)c(N)cc1S(=O)(=O)NCCOC(N)=O. The van der Waals surface area contributed by atoms with Gasteiger partial charge in [0, 0.05) is 16.7 Å². The van der Waals surface area contributed by atoms with Crippen LogP contribution in [0.25, 0.3) is 0 Å². The minimum absolute atomic E-state index is 0.0688. The number of nitrogens with one attached hydrogen (secondary N) is 1. The number of aryl methyl sites for hydroxylation is 1. The zero-order valence-corrected chi connectivity index (χ0v) is 12.5. The van der Waals surface area contributed by atoms with Crippen molar-refractivity contribution in [2.45, 2.75) is 11.8 Å². The van der Waals surface area contributed by atoms with Crippen LogP contribution in [0.3, 0.4) is 0 Å². The van der Waals surface area contributed by atoms with Crippen LogP contribution in [0.1, 0.15) is 5.56 Å². The minimum Gasteiger partial charge on any atom is -0.448 e. The highest BCUT2D eigenvalue weighted by molar-refractivity contribution is 9.10. The van der Waals surface area contributed by atoms with Gasteiger partial charge in [-0.1, -0.05) is 0 Å². The molecular weight excluding hydrogens is 338 g/mol. The van der Waals surface area contributed by atoms with Gasteiger partial charge in [0.2, 0.25) is 10.0 Å². The number of nitrogens with two attached hydrogens (primary N) is 2. The number of sulfonamides is 1. The number of carbonyl (C=O) groups is 1. The predicted molar refractivity (Wildman–Crippen MR) is 74.0 cm³/mol. The van der Waals surface area contributed by atoms with Gasteiger partial charge < -0.3 is 16.2 Å². The molecule has 0 aliphatic rings. The summed E-state index contributed by atoms with van der Waals surface area (Å²) in [6.07, 6.45) is -0.955. The second-order valence-electron chi connectivity index (χ2n) is 3.70. The van der Waals surface area contributed by atoms with Crippen LogP contribution in [-0.4, -0.2) is 27.7 Å². The third-order valence-electron chi connectivity index (χ3n) is 2.22. The molecule has 0 aromatic heterocycles. The van der Waals surface area contributed by atoms with E-state index >= 15 is 0 Å². The van der Waals surface area contributed by atoms with E-state index in [0.29, 0.717) is 15.7 Å². The molecule has 0 heterocycles. The molecular formula is C10H14BrN3O4S. The molecule has 0 bridgehead atoms. The van der Waals surface area contributed by atoms with Crippen LogP contribution < -0.4 is 16.2 Å². The van der Waals surface area contributed by atoms with Gasteiger partial charge in [0.25, 0.3) is 0 Å². The van der Waals surface area contributed by atoms with Gasteiger partial charge in [-0.15, -0.1) is 0 Å². The molecule has 19 heavy (non-hydrogen) atoms. The molecule has 9 heteroatoms. The summed E-state index contributed by atoms with van der Waals surface area (Å²) in [6, 6.07) is 2.97. The third kappa shape index (κ3) is 4.37. The van der Waals surface area contributed by atoms with Gasteiger partial charge in [-0.3, -0.25) is 0 Å². The highest BCUT2D eigenvalue weighted by Gasteiger charge is 2.17. The number of nitrogen functional groups attached to an aromatic ring is 1. The van der Waals surface area contributed by atoms with Crippen molar-refractivity contribution in [3.8, 4) is 0 Å². The van der Waals surface area contributed by atoms with E-state index in [1.807, 2.05) is 0 Å². The number of hydrogen-bond donors (Lipinski definition) is 3. The maximum absolute atomic E-state index is 12.0. The van der Waals surface area contributed by atoms with E-state index in [1.54, 1.807) is 13.0 Å². The second kappa shape index (κ2) is 6.22. The lowest BCUT2D eigenvalue weighted by Gasteiger charge is -2.11. The van der Waals surface area contributed by atoms with Crippen molar-refractivity contribution in [2.24, 2.45) is 5.73 Å². The molecule has 1 aromatic rings. The molecule has 0 aliphatic carbocycles. The molecule has 0 aliphatic heterocycles. The minimum atomic E-state index is -3.71. The van der Waals surface area contributed by atoms with Crippen LogP contribution in [0.2, 0.25) is 0 Å². The Balaban J connectivity index is 2.83. The average Bonchev–Trinajstić information content (AvgIpc) is 2.29. The molecule has 0 saturated heterocycles. The third-order valence-corrected chi connectivity index (χ3v) is 4.51. The molecule has 5 N–H and O–H groups in total. The molecule has 1 rings (SSSR count). The monoisotopic (exact) mass is 351 g/mol. The molecule has 0 radical (unpaired) electrons. The summed E-state index contributed by atoms with van der Waals surface area (Å²) in [4.78, 5) is 10.4. The van der Waals surface area contributed by atoms with Crippen LogP contribution in [0, 0.1) is 6.92 Å². The Morgan fingerprint density at radius 3 is 2.68 bits per heavy atom. The Bertz CT molecular complexity index is 589. The van der Waals surface area contributed by atoms with Gasteiger partial charge in [-0.2, -0.15) is 0 Å². The summed E-state index contributed by atoms with van der Waals surface area (Å²) in [5.74, 6) is 0. The summed E-state index contributed by atoms with van der Waals surface area (Å²) < 4.78 is 31.4. The van der Waals surface area contributed by atoms with Crippen molar-refractivity contribution in [1.82, 2.24) is 4.72 Å². The Kier molecular flexibility index (Phi) is 5.15. The maximum atomic E-state index is 12.0. The van der Waals surface area contributed by atoms with Gasteiger partial charge in [0.05, 0.1) is 4.90 Å². The fraction of sp³-hybridized carbons (Fsp3) is 0.300. The smallest absolute Gasteiger partial charge is 0.404 e. The zero-order chi connectivity index (χ0) is 14.6. The first-order valence-corrected chi connectivity index (χ1v) is 7.49. The van der Waals surface area contributed by atoms with Crippen molar-refractivity contribution < 1.29 is 17.9 Å². The van der Waals surface area contributed by atoms with E-state index in [-0.39, 0.29) is 18.0 Å². The van der Waals surface area contributed by atoms with Crippen molar-refractivity contribution in [3.63, 3.8) is 0 Å². The molecule has 0 fully saturated rings. The predicted octanol–water partition coefficient (Wildman–Crippen LogP) is 0.713. The fourth-order valence-electron chi connectivity index (χ4n) is 1.36. The quantitative estimate of drug-likeness (QED) is 0.532. The van der Waals surface area contributed by atoms with Crippen LogP contribution in [0.5, 0.6) is 0 Å². The number of halogens is 1. The summed E-state index contributed by atoms with van der Waals surface area (Å²) in [7, 11) is -3.71. The molecule has 0 spiro atoms. The van der Waals surface area contributed by atoms with E-state index in [0.717, 1.165) is 0 Å². The van der Waals surface area contributed by atoms with Crippen molar-refractivity contribution in [1.29, 1.82) is 0 Å². The molecule has 0 atom stereocenters. The Morgan fingerprint density at radius 2 is 2.11 bits per heavy atom. The molecule has 0 saturated carbocycles. The van der Waals surface area contributed by atoms with Crippen molar-refractivity contribution in [2.75, 3.05) is 18.9 Å². The van der Waals surface area contributed by atoms with Gasteiger partial charge in [0.15, 0.2) is 0 Å². The van der Waals surface area contributed by atoms with Gasteiger partial charge in [-0.25, -0.2) is 17.9 Å². The van der Waals surface area contributed by atoms with E-state index in [4.69, 9.17) is 11.5 Å². The van der Waals surface area contributed by atoms with E-state index < -0.39 is 16.1 Å².